The van der Waals surface area contributed by atoms with Gasteiger partial charge in [-0.2, -0.15) is 34.1 Å². The van der Waals surface area contributed by atoms with Crippen molar-refractivity contribution in [2.24, 2.45) is 0 Å². The monoisotopic (exact) mass is 410 g/mol. The van der Waals surface area contributed by atoms with Crippen LogP contribution >= 0.6 is 0 Å². The summed E-state index contributed by atoms with van der Waals surface area (Å²) in [5, 5.41) is 0. The Balaban J connectivity index is 1.60. The molecule has 9 nitrogen and oxygen atoms in total. The van der Waals surface area contributed by atoms with Crippen LogP contribution in [-0.2, 0) is 25.2 Å². The molecule has 0 spiro atoms. The first-order chi connectivity index (χ1) is 12.3. The van der Waals surface area contributed by atoms with Crippen molar-refractivity contribution in [1.82, 2.24) is 17.2 Å². The van der Waals surface area contributed by atoms with Crippen LogP contribution in [0, 0.1) is 0 Å². The Bertz CT molecular complexity index is 664. The van der Waals surface area contributed by atoms with Gasteiger partial charge in [-0.1, -0.05) is 19.3 Å². The number of piperazine rings is 1. The van der Waals surface area contributed by atoms with Crippen molar-refractivity contribution < 1.29 is 21.6 Å². The minimum Gasteiger partial charge on any atom is -0.379 e. The molecule has 2 saturated heterocycles. The Morgan fingerprint density at radius 2 is 1.27 bits per heavy atom. The van der Waals surface area contributed by atoms with Crippen LogP contribution in [0.1, 0.15) is 32.1 Å². The van der Waals surface area contributed by atoms with Crippen molar-refractivity contribution in [2.75, 3.05) is 59.5 Å². The standard InChI is InChI=1S/C15H30N4O5S2/c1-16(15-5-3-2-4-6-15)25(20,21)17-7-9-18(10-8-17)26(22,23)19-11-13-24-14-12-19/h15H,2-14H2,1H3. The quantitative estimate of drug-likeness (QED) is 0.620. The Morgan fingerprint density at radius 3 is 1.85 bits per heavy atom. The Labute approximate surface area is 157 Å². The highest BCUT2D eigenvalue weighted by Crippen LogP contribution is 2.25. The largest absolute Gasteiger partial charge is 0.379 e. The fourth-order valence-corrected chi connectivity index (χ4v) is 7.03. The number of nitrogens with zero attached hydrogens (tertiary/aromatic N) is 4. The van der Waals surface area contributed by atoms with Gasteiger partial charge in [0.25, 0.3) is 20.4 Å². The summed E-state index contributed by atoms with van der Waals surface area (Å²) in [4.78, 5) is 0. The molecule has 26 heavy (non-hydrogen) atoms. The summed E-state index contributed by atoms with van der Waals surface area (Å²) < 4.78 is 62.1. The molecule has 0 aromatic carbocycles. The number of morpholine rings is 1. The lowest BCUT2D eigenvalue weighted by Gasteiger charge is -2.39. The predicted octanol–water partition coefficient (Wildman–Crippen LogP) is -0.310. The molecule has 1 aliphatic carbocycles. The number of hydrogen-bond donors (Lipinski definition) is 0. The van der Waals surface area contributed by atoms with Gasteiger partial charge < -0.3 is 4.74 Å². The number of ether oxygens (including phenoxy) is 1. The lowest BCUT2D eigenvalue weighted by atomic mass is 9.96. The molecule has 0 atom stereocenters. The Morgan fingerprint density at radius 1 is 0.769 bits per heavy atom. The molecule has 0 aromatic heterocycles. The van der Waals surface area contributed by atoms with Gasteiger partial charge >= 0.3 is 0 Å². The highest BCUT2D eigenvalue weighted by Gasteiger charge is 2.38. The average Bonchev–Trinajstić information content (AvgIpc) is 2.69. The first-order valence-electron chi connectivity index (χ1n) is 9.39. The Kier molecular flexibility index (Phi) is 6.58. The van der Waals surface area contributed by atoms with Gasteiger partial charge in [0.05, 0.1) is 13.2 Å². The molecule has 1 saturated carbocycles. The molecule has 2 aliphatic heterocycles. The molecule has 2 heterocycles. The molecule has 11 heteroatoms. The third-order valence-corrected chi connectivity index (χ3v) is 9.68. The maximum atomic E-state index is 12.9. The van der Waals surface area contributed by atoms with E-state index in [1.165, 1.54) is 23.6 Å². The summed E-state index contributed by atoms with van der Waals surface area (Å²) in [7, 11) is -5.43. The van der Waals surface area contributed by atoms with Crippen LogP contribution in [0.3, 0.4) is 0 Å². The highest BCUT2D eigenvalue weighted by molar-refractivity contribution is 7.87. The molecule has 0 unspecified atom stereocenters. The van der Waals surface area contributed by atoms with E-state index in [0.29, 0.717) is 26.3 Å². The third kappa shape index (κ3) is 4.23. The zero-order valence-corrected chi connectivity index (χ0v) is 17.0. The second-order valence-electron chi connectivity index (χ2n) is 7.13. The minimum atomic E-state index is -3.54. The number of rotatable bonds is 5. The van der Waals surface area contributed by atoms with E-state index in [0.717, 1.165) is 25.7 Å². The van der Waals surface area contributed by atoms with Gasteiger partial charge in [0, 0.05) is 52.4 Å². The third-order valence-electron chi connectivity index (χ3n) is 5.60. The summed E-state index contributed by atoms with van der Waals surface area (Å²) in [5.74, 6) is 0. The second kappa shape index (κ2) is 8.38. The maximum absolute atomic E-state index is 12.9. The minimum absolute atomic E-state index is 0.0591. The van der Waals surface area contributed by atoms with Crippen LogP contribution in [0.5, 0.6) is 0 Å². The molecule has 3 rings (SSSR count). The summed E-state index contributed by atoms with van der Waals surface area (Å²) >= 11 is 0. The number of hydrogen-bond acceptors (Lipinski definition) is 5. The van der Waals surface area contributed by atoms with E-state index in [-0.39, 0.29) is 32.2 Å². The van der Waals surface area contributed by atoms with Crippen molar-refractivity contribution in [2.45, 2.75) is 38.1 Å². The van der Waals surface area contributed by atoms with Crippen molar-refractivity contribution in [1.29, 1.82) is 0 Å². The van der Waals surface area contributed by atoms with E-state index < -0.39 is 20.4 Å². The summed E-state index contributed by atoms with van der Waals surface area (Å²) in [5.41, 5.74) is 0. The predicted molar refractivity (Wildman–Crippen MR) is 98.0 cm³/mol. The molecular formula is C15H30N4O5S2. The van der Waals surface area contributed by atoms with Crippen LogP contribution in [0.25, 0.3) is 0 Å². The zero-order valence-electron chi connectivity index (χ0n) is 15.4. The van der Waals surface area contributed by atoms with E-state index in [9.17, 15) is 16.8 Å². The van der Waals surface area contributed by atoms with Crippen LogP contribution in [0.15, 0.2) is 0 Å². The van der Waals surface area contributed by atoms with Crippen molar-refractivity contribution in [3.05, 3.63) is 0 Å². The van der Waals surface area contributed by atoms with E-state index in [1.54, 1.807) is 7.05 Å². The van der Waals surface area contributed by atoms with Gasteiger partial charge in [-0.3, -0.25) is 0 Å². The molecule has 0 radical (unpaired) electrons. The fraction of sp³-hybridized carbons (Fsp3) is 1.00. The lowest BCUT2D eigenvalue weighted by Crippen LogP contribution is -2.58. The second-order valence-corrected chi connectivity index (χ2v) is 11.0. The van der Waals surface area contributed by atoms with Crippen LogP contribution in [0.2, 0.25) is 0 Å². The van der Waals surface area contributed by atoms with Crippen molar-refractivity contribution in [3.8, 4) is 0 Å². The van der Waals surface area contributed by atoms with Crippen LogP contribution < -0.4 is 0 Å². The van der Waals surface area contributed by atoms with Gasteiger partial charge in [0.2, 0.25) is 0 Å². The Hall–Kier alpha value is -0.300. The lowest BCUT2D eigenvalue weighted by molar-refractivity contribution is 0.0693. The summed E-state index contributed by atoms with van der Waals surface area (Å²) in [6, 6.07) is 0.0591. The highest BCUT2D eigenvalue weighted by atomic mass is 32.2. The SMILES string of the molecule is CN(C1CCCCC1)S(=O)(=O)N1CCN(S(=O)(=O)N2CCOCC2)CC1. The van der Waals surface area contributed by atoms with Gasteiger partial charge in [-0.25, -0.2) is 0 Å². The van der Waals surface area contributed by atoms with Crippen molar-refractivity contribution >= 4 is 20.4 Å². The average molecular weight is 411 g/mol. The van der Waals surface area contributed by atoms with E-state index in [2.05, 4.69) is 0 Å². The summed E-state index contributed by atoms with van der Waals surface area (Å²) in [6.45, 7) is 2.29. The topological polar surface area (TPSA) is 90.5 Å². The molecule has 3 aliphatic rings. The van der Waals surface area contributed by atoms with E-state index in [1.807, 2.05) is 0 Å². The maximum Gasteiger partial charge on any atom is 0.282 e. The van der Waals surface area contributed by atoms with Gasteiger partial charge in [-0.15, -0.1) is 0 Å². The normalized spacial score (nSPS) is 26.4. The van der Waals surface area contributed by atoms with Crippen LogP contribution in [0.4, 0.5) is 0 Å². The van der Waals surface area contributed by atoms with Gasteiger partial charge in [-0.05, 0) is 12.8 Å². The first kappa shape index (κ1) is 20.4. The molecule has 3 fully saturated rings. The molecular weight excluding hydrogens is 380 g/mol. The molecule has 0 bridgehead atoms. The molecule has 0 amide bonds. The fourth-order valence-electron chi connectivity index (χ4n) is 3.89. The van der Waals surface area contributed by atoms with Gasteiger partial charge in [0.1, 0.15) is 0 Å². The smallest absolute Gasteiger partial charge is 0.282 e. The molecule has 0 N–H and O–H groups in total. The van der Waals surface area contributed by atoms with E-state index in [4.69, 9.17) is 4.74 Å². The molecule has 0 aromatic rings. The van der Waals surface area contributed by atoms with Crippen molar-refractivity contribution in [3.63, 3.8) is 0 Å². The first-order valence-corrected chi connectivity index (χ1v) is 12.2. The van der Waals surface area contributed by atoms with Gasteiger partial charge in [0.15, 0.2) is 0 Å². The summed E-state index contributed by atoms with van der Waals surface area (Å²) in [6.07, 6.45) is 5.11. The van der Waals surface area contributed by atoms with E-state index >= 15 is 0 Å². The molecule has 152 valence electrons. The zero-order chi connectivity index (χ0) is 18.8. The van der Waals surface area contributed by atoms with Crippen LogP contribution in [-0.4, -0.2) is 99.6 Å².